The Morgan fingerprint density at radius 2 is 1.76 bits per heavy atom. The van der Waals surface area contributed by atoms with Crippen LogP contribution < -0.4 is 5.32 Å². The van der Waals surface area contributed by atoms with Gasteiger partial charge in [0.2, 0.25) is 0 Å². The highest BCUT2D eigenvalue weighted by Crippen LogP contribution is 2.60. The number of allylic oxidation sites excluding steroid dienone is 1. The molecule has 4 nitrogen and oxygen atoms in total. The first-order valence-electron chi connectivity index (χ1n) is 10.2. The minimum Gasteiger partial charge on any atom is -0.455 e. The van der Waals surface area contributed by atoms with Crippen molar-refractivity contribution < 1.29 is 14.3 Å². The molecule has 0 unspecified atom stereocenters. The predicted molar refractivity (Wildman–Crippen MR) is 95.7 cm³/mol. The zero-order chi connectivity index (χ0) is 17.3. The van der Waals surface area contributed by atoms with Gasteiger partial charge in [-0.2, -0.15) is 0 Å². The molecule has 4 bridgehead atoms. The lowest BCUT2D eigenvalue weighted by Gasteiger charge is -2.55. The molecule has 0 radical (unpaired) electrons. The molecule has 25 heavy (non-hydrogen) atoms. The maximum absolute atomic E-state index is 12.7. The summed E-state index contributed by atoms with van der Waals surface area (Å²) in [6.07, 6.45) is 15.0. The van der Waals surface area contributed by atoms with Crippen molar-refractivity contribution in [3.8, 4) is 0 Å². The van der Waals surface area contributed by atoms with Crippen LogP contribution in [0.4, 0.5) is 0 Å². The number of carbonyl (C=O) groups excluding carboxylic acids is 2. The van der Waals surface area contributed by atoms with Gasteiger partial charge in [-0.15, -0.1) is 0 Å². The normalized spacial score (nSPS) is 36.0. The molecule has 0 aromatic rings. The fourth-order valence-corrected chi connectivity index (χ4v) is 6.19. The van der Waals surface area contributed by atoms with Gasteiger partial charge in [-0.25, -0.2) is 0 Å². The molecule has 1 N–H and O–H groups in total. The van der Waals surface area contributed by atoms with Gasteiger partial charge in [-0.1, -0.05) is 11.6 Å². The number of ether oxygens (including phenoxy) is 1. The van der Waals surface area contributed by atoms with Gasteiger partial charge in [0, 0.05) is 6.54 Å². The summed E-state index contributed by atoms with van der Waals surface area (Å²) in [7, 11) is 0. The van der Waals surface area contributed by atoms with Crippen molar-refractivity contribution in [2.24, 2.45) is 23.2 Å². The highest BCUT2D eigenvalue weighted by molar-refractivity contribution is 5.83. The number of carbonyl (C=O) groups is 2. The Morgan fingerprint density at radius 3 is 2.36 bits per heavy atom. The Bertz CT molecular complexity index is 530. The smallest absolute Gasteiger partial charge is 0.312 e. The van der Waals surface area contributed by atoms with E-state index in [2.05, 4.69) is 11.4 Å². The first kappa shape index (κ1) is 17.1. The van der Waals surface area contributed by atoms with E-state index in [-0.39, 0.29) is 23.9 Å². The van der Waals surface area contributed by atoms with Crippen LogP contribution in [0.1, 0.15) is 70.6 Å². The molecule has 5 aliphatic rings. The Kier molecular flexibility index (Phi) is 4.88. The van der Waals surface area contributed by atoms with Gasteiger partial charge in [0.25, 0.3) is 5.91 Å². The Hall–Kier alpha value is -1.32. The summed E-state index contributed by atoms with van der Waals surface area (Å²) in [5.41, 5.74) is 1.19. The molecule has 4 heteroatoms. The number of rotatable bonds is 6. The second-order valence-electron chi connectivity index (χ2n) is 8.98. The van der Waals surface area contributed by atoms with Crippen LogP contribution in [-0.2, 0) is 14.3 Å². The van der Waals surface area contributed by atoms with Crippen molar-refractivity contribution in [3.05, 3.63) is 11.6 Å². The molecular weight excluding hydrogens is 314 g/mol. The van der Waals surface area contributed by atoms with E-state index in [1.54, 1.807) is 0 Å². The molecule has 4 fully saturated rings. The minimum atomic E-state index is -0.262. The second-order valence-corrected chi connectivity index (χ2v) is 8.98. The van der Waals surface area contributed by atoms with Crippen molar-refractivity contribution >= 4 is 11.9 Å². The summed E-state index contributed by atoms with van der Waals surface area (Å²) in [6, 6.07) is 0. The molecular formula is C21H31NO3. The second kappa shape index (κ2) is 7.13. The van der Waals surface area contributed by atoms with E-state index < -0.39 is 0 Å². The first-order chi connectivity index (χ1) is 12.1. The maximum atomic E-state index is 12.7. The van der Waals surface area contributed by atoms with Gasteiger partial charge >= 0.3 is 5.97 Å². The zero-order valence-electron chi connectivity index (χ0n) is 15.2. The average molecular weight is 345 g/mol. The molecule has 0 atom stereocenters. The monoisotopic (exact) mass is 345 g/mol. The van der Waals surface area contributed by atoms with Gasteiger partial charge in [0.05, 0.1) is 5.41 Å². The van der Waals surface area contributed by atoms with E-state index in [4.69, 9.17) is 4.74 Å². The van der Waals surface area contributed by atoms with Crippen LogP contribution in [0.25, 0.3) is 0 Å². The van der Waals surface area contributed by atoms with Crippen LogP contribution in [-0.4, -0.2) is 25.0 Å². The van der Waals surface area contributed by atoms with E-state index in [0.29, 0.717) is 6.54 Å². The number of amides is 1. The SMILES string of the molecule is O=C(COC(=O)C12CC3CC(CC(C3)C1)C2)NCCC1=CCCCC1. The van der Waals surface area contributed by atoms with Gasteiger partial charge in [0.15, 0.2) is 6.61 Å². The van der Waals surface area contributed by atoms with Crippen molar-refractivity contribution in [2.75, 3.05) is 13.2 Å². The highest BCUT2D eigenvalue weighted by atomic mass is 16.5. The lowest BCUT2D eigenvalue weighted by molar-refractivity contribution is -0.173. The van der Waals surface area contributed by atoms with E-state index >= 15 is 0 Å². The molecule has 0 aromatic carbocycles. The fourth-order valence-electron chi connectivity index (χ4n) is 6.19. The van der Waals surface area contributed by atoms with Crippen LogP contribution in [0.5, 0.6) is 0 Å². The van der Waals surface area contributed by atoms with Crippen molar-refractivity contribution in [2.45, 2.75) is 70.6 Å². The molecule has 0 spiro atoms. The van der Waals surface area contributed by atoms with E-state index in [0.717, 1.165) is 49.9 Å². The van der Waals surface area contributed by atoms with Crippen LogP contribution >= 0.6 is 0 Å². The maximum Gasteiger partial charge on any atom is 0.312 e. The van der Waals surface area contributed by atoms with Crippen LogP contribution in [0, 0.1) is 23.2 Å². The molecule has 1 amide bonds. The summed E-state index contributed by atoms with van der Waals surface area (Å²) in [4.78, 5) is 24.7. The average Bonchev–Trinajstić information content (AvgIpc) is 2.59. The third kappa shape index (κ3) is 3.78. The molecule has 5 aliphatic carbocycles. The van der Waals surface area contributed by atoms with Gasteiger partial charge in [0.1, 0.15) is 0 Å². The summed E-state index contributed by atoms with van der Waals surface area (Å²) < 4.78 is 5.47. The third-order valence-electron chi connectivity index (χ3n) is 6.96. The molecule has 0 aromatic heterocycles. The minimum absolute atomic E-state index is 0.100. The van der Waals surface area contributed by atoms with Crippen molar-refractivity contribution in [3.63, 3.8) is 0 Å². The topological polar surface area (TPSA) is 55.4 Å². The predicted octanol–water partition coefficient (Wildman–Crippen LogP) is 3.75. The molecule has 0 aliphatic heterocycles. The highest BCUT2D eigenvalue weighted by Gasteiger charge is 2.55. The summed E-state index contributed by atoms with van der Waals surface area (Å²) in [5.74, 6) is 1.90. The van der Waals surface area contributed by atoms with Crippen LogP contribution in [0.2, 0.25) is 0 Å². The molecule has 138 valence electrons. The van der Waals surface area contributed by atoms with E-state index in [1.807, 2.05) is 0 Å². The number of hydrogen-bond donors (Lipinski definition) is 1. The Labute approximate surface area is 150 Å². The summed E-state index contributed by atoms with van der Waals surface area (Å²) in [5, 5.41) is 2.90. The molecule has 4 saturated carbocycles. The standard InChI is InChI=1S/C21H31NO3/c23-19(22-7-6-15-4-2-1-3-5-15)14-25-20(24)21-11-16-8-17(12-21)10-18(9-16)13-21/h4,16-18H,1-3,5-14H2,(H,22,23). The van der Waals surface area contributed by atoms with Crippen LogP contribution in [0.3, 0.4) is 0 Å². The lowest BCUT2D eigenvalue weighted by Crippen LogP contribution is -2.51. The molecule has 0 heterocycles. The summed E-state index contributed by atoms with van der Waals surface area (Å²) in [6.45, 7) is 0.541. The number of hydrogen-bond acceptors (Lipinski definition) is 3. The van der Waals surface area contributed by atoms with E-state index in [1.165, 1.54) is 44.1 Å². The first-order valence-corrected chi connectivity index (χ1v) is 10.2. The van der Waals surface area contributed by atoms with Gasteiger partial charge in [-0.3, -0.25) is 9.59 Å². The lowest BCUT2D eigenvalue weighted by atomic mass is 9.49. The third-order valence-corrected chi connectivity index (χ3v) is 6.96. The molecule has 0 saturated heterocycles. The van der Waals surface area contributed by atoms with Crippen molar-refractivity contribution in [1.82, 2.24) is 5.32 Å². The van der Waals surface area contributed by atoms with Gasteiger partial charge < -0.3 is 10.1 Å². The van der Waals surface area contributed by atoms with Gasteiger partial charge in [-0.05, 0) is 88.4 Å². The van der Waals surface area contributed by atoms with Crippen molar-refractivity contribution in [1.29, 1.82) is 0 Å². The number of esters is 1. The fraction of sp³-hybridized carbons (Fsp3) is 0.810. The Morgan fingerprint density at radius 1 is 1.08 bits per heavy atom. The summed E-state index contributed by atoms with van der Waals surface area (Å²) >= 11 is 0. The molecule has 5 rings (SSSR count). The Balaban J connectivity index is 1.21. The van der Waals surface area contributed by atoms with E-state index in [9.17, 15) is 9.59 Å². The largest absolute Gasteiger partial charge is 0.455 e. The number of nitrogens with one attached hydrogen (secondary N) is 1. The zero-order valence-corrected chi connectivity index (χ0v) is 15.2. The quantitative estimate of drug-likeness (QED) is 0.589. The van der Waals surface area contributed by atoms with Crippen LogP contribution in [0.15, 0.2) is 11.6 Å².